The summed E-state index contributed by atoms with van der Waals surface area (Å²) in [5.74, 6) is 0.389. The molecule has 2 aliphatic rings. The van der Waals surface area contributed by atoms with Crippen LogP contribution in [0.3, 0.4) is 0 Å². The molecule has 0 radical (unpaired) electrons. The maximum absolute atomic E-state index is 12.8. The molecule has 0 aromatic heterocycles. The Morgan fingerprint density at radius 2 is 1.87 bits per heavy atom. The summed E-state index contributed by atoms with van der Waals surface area (Å²) in [6.07, 6.45) is 5.08. The van der Waals surface area contributed by atoms with Crippen molar-refractivity contribution < 1.29 is 17.9 Å². The topological polar surface area (TPSA) is 79.0 Å². The molecule has 3 atom stereocenters. The first-order chi connectivity index (χ1) is 14.2. The molecular formula is C22H35N3O4S. The van der Waals surface area contributed by atoms with Gasteiger partial charge in [-0.2, -0.15) is 0 Å². The van der Waals surface area contributed by atoms with Crippen LogP contribution in [0, 0.1) is 5.92 Å². The van der Waals surface area contributed by atoms with E-state index in [9.17, 15) is 13.2 Å². The summed E-state index contributed by atoms with van der Waals surface area (Å²) in [6.45, 7) is 6.21. The highest BCUT2D eigenvalue weighted by molar-refractivity contribution is 7.88. The van der Waals surface area contributed by atoms with Crippen molar-refractivity contribution in [2.75, 3.05) is 30.8 Å². The van der Waals surface area contributed by atoms with Gasteiger partial charge in [0.1, 0.15) is 0 Å². The lowest BCUT2D eigenvalue weighted by Crippen LogP contribution is -2.58. The minimum atomic E-state index is -3.36. The SMILES string of the molecule is CC(C)OC(=O)N1CCCC(NS(C)(=O)=O)C1CC1CCCN(c2ccccc2)C1. The minimum absolute atomic E-state index is 0.194. The fraction of sp³-hybridized carbons (Fsp3) is 0.682. The number of nitrogens with one attached hydrogen (secondary N) is 1. The van der Waals surface area contributed by atoms with Crippen LogP contribution >= 0.6 is 0 Å². The number of hydrogen-bond donors (Lipinski definition) is 1. The van der Waals surface area contributed by atoms with Crippen molar-refractivity contribution in [2.24, 2.45) is 5.92 Å². The van der Waals surface area contributed by atoms with E-state index in [4.69, 9.17) is 4.74 Å². The standard InChI is InChI=1S/C22H35N3O4S/c1-17(2)29-22(26)25-14-8-12-20(23-30(3,27)28)21(25)15-18-9-7-13-24(16-18)19-10-5-4-6-11-19/h4-6,10-11,17-18,20-21,23H,7-9,12-16H2,1-3H3. The Kier molecular flexibility index (Phi) is 7.63. The lowest BCUT2D eigenvalue weighted by atomic mass is 9.85. The van der Waals surface area contributed by atoms with Crippen LogP contribution in [0.15, 0.2) is 30.3 Å². The number of carbonyl (C=O) groups is 1. The third kappa shape index (κ3) is 6.35. The van der Waals surface area contributed by atoms with Gasteiger partial charge in [-0.15, -0.1) is 0 Å². The number of anilines is 1. The first kappa shape index (κ1) is 22.9. The second-order valence-corrected chi connectivity index (χ2v) is 10.6. The van der Waals surface area contributed by atoms with Crippen molar-refractivity contribution in [2.45, 2.75) is 64.1 Å². The van der Waals surface area contributed by atoms with Crippen LogP contribution in [0.4, 0.5) is 10.5 Å². The number of sulfonamides is 1. The molecule has 0 spiro atoms. The summed E-state index contributed by atoms with van der Waals surface area (Å²) in [6, 6.07) is 9.91. The van der Waals surface area contributed by atoms with Crippen molar-refractivity contribution in [1.29, 1.82) is 0 Å². The van der Waals surface area contributed by atoms with E-state index < -0.39 is 10.0 Å². The fourth-order valence-corrected chi connectivity index (χ4v) is 5.55. The Hall–Kier alpha value is -1.80. The largest absolute Gasteiger partial charge is 0.447 e. The zero-order valence-electron chi connectivity index (χ0n) is 18.3. The zero-order chi connectivity index (χ0) is 21.7. The molecule has 2 fully saturated rings. The third-order valence-corrected chi connectivity index (χ3v) is 6.66. The van der Waals surface area contributed by atoms with Gasteiger partial charge in [0, 0.05) is 31.4 Å². The van der Waals surface area contributed by atoms with E-state index in [1.807, 2.05) is 19.9 Å². The molecule has 1 aromatic carbocycles. The molecule has 1 amide bonds. The smallest absolute Gasteiger partial charge is 0.410 e. The lowest BCUT2D eigenvalue weighted by Gasteiger charge is -2.44. The Morgan fingerprint density at radius 1 is 1.17 bits per heavy atom. The molecule has 8 heteroatoms. The maximum Gasteiger partial charge on any atom is 0.410 e. The molecule has 0 saturated carbocycles. The third-order valence-electron chi connectivity index (χ3n) is 5.93. The maximum atomic E-state index is 12.8. The summed E-state index contributed by atoms with van der Waals surface area (Å²) in [4.78, 5) is 16.9. The van der Waals surface area contributed by atoms with Gasteiger partial charge in [-0.05, 0) is 64.0 Å². The number of carbonyl (C=O) groups excluding carboxylic acids is 1. The number of para-hydroxylation sites is 1. The van der Waals surface area contributed by atoms with E-state index in [0.29, 0.717) is 12.5 Å². The van der Waals surface area contributed by atoms with Gasteiger partial charge in [0.2, 0.25) is 10.0 Å². The van der Waals surface area contributed by atoms with E-state index >= 15 is 0 Å². The van der Waals surface area contributed by atoms with Gasteiger partial charge in [-0.25, -0.2) is 17.9 Å². The first-order valence-electron chi connectivity index (χ1n) is 11.0. The van der Waals surface area contributed by atoms with E-state index in [1.165, 1.54) is 11.9 Å². The van der Waals surface area contributed by atoms with Gasteiger partial charge in [0.05, 0.1) is 18.4 Å². The Bertz CT molecular complexity index is 800. The molecule has 168 valence electrons. The first-order valence-corrected chi connectivity index (χ1v) is 12.9. The monoisotopic (exact) mass is 437 g/mol. The van der Waals surface area contributed by atoms with Gasteiger partial charge in [0.25, 0.3) is 0 Å². The number of likely N-dealkylation sites (tertiary alicyclic amines) is 1. The highest BCUT2D eigenvalue weighted by Crippen LogP contribution is 2.31. The van der Waals surface area contributed by atoms with Crippen LogP contribution in [0.5, 0.6) is 0 Å². The molecule has 0 bridgehead atoms. The van der Waals surface area contributed by atoms with Crippen molar-refractivity contribution in [3.63, 3.8) is 0 Å². The number of amides is 1. The number of piperidine rings is 2. The van der Waals surface area contributed by atoms with E-state index in [0.717, 1.165) is 45.2 Å². The average molecular weight is 438 g/mol. The Morgan fingerprint density at radius 3 is 2.53 bits per heavy atom. The summed E-state index contributed by atoms with van der Waals surface area (Å²) in [7, 11) is -3.36. The van der Waals surface area contributed by atoms with Gasteiger partial charge < -0.3 is 14.5 Å². The fourth-order valence-electron chi connectivity index (χ4n) is 4.73. The van der Waals surface area contributed by atoms with Gasteiger partial charge in [-0.3, -0.25) is 0 Å². The second kappa shape index (κ2) is 10.0. The minimum Gasteiger partial charge on any atom is -0.447 e. The predicted octanol–water partition coefficient (Wildman–Crippen LogP) is 3.22. The van der Waals surface area contributed by atoms with E-state index in [-0.39, 0.29) is 24.3 Å². The molecule has 2 aliphatic heterocycles. The molecule has 7 nitrogen and oxygen atoms in total. The van der Waals surface area contributed by atoms with Crippen LogP contribution in [-0.4, -0.2) is 63.5 Å². The number of rotatable bonds is 6. The number of benzene rings is 1. The molecule has 1 aromatic rings. The lowest BCUT2D eigenvalue weighted by molar-refractivity contribution is 0.0392. The van der Waals surface area contributed by atoms with Crippen LogP contribution in [0.1, 0.15) is 46.0 Å². The van der Waals surface area contributed by atoms with Crippen LogP contribution in [0.2, 0.25) is 0 Å². The van der Waals surface area contributed by atoms with Crippen LogP contribution < -0.4 is 9.62 Å². The summed E-state index contributed by atoms with van der Waals surface area (Å²) in [5, 5.41) is 0. The normalized spacial score (nSPS) is 25.4. The number of ether oxygens (including phenoxy) is 1. The van der Waals surface area contributed by atoms with Crippen LogP contribution in [-0.2, 0) is 14.8 Å². The van der Waals surface area contributed by atoms with Crippen molar-refractivity contribution in [3.8, 4) is 0 Å². The van der Waals surface area contributed by atoms with Gasteiger partial charge in [-0.1, -0.05) is 18.2 Å². The van der Waals surface area contributed by atoms with E-state index in [2.05, 4.69) is 33.9 Å². The molecule has 3 rings (SSSR count). The number of hydrogen-bond acceptors (Lipinski definition) is 5. The Labute approximate surface area is 180 Å². The van der Waals surface area contributed by atoms with Gasteiger partial charge in [0.15, 0.2) is 0 Å². The highest BCUT2D eigenvalue weighted by atomic mass is 32.2. The second-order valence-electron chi connectivity index (χ2n) is 8.86. The van der Waals surface area contributed by atoms with Crippen molar-refractivity contribution in [1.82, 2.24) is 9.62 Å². The summed E-state index contributed by atoms with van der Waals surface area (Å²) < 4.78 is 32.2. The molecule has 0 aliphatic carbocycles. The quantitative estimate of drug-likeness (QED) is 0.739. The number of nitrogens with zero attached hydrogens (tertiary/aromatic N) is 2. The van der Waals surface area contributed by atoms with E-state index in [1.54, 1.807) is 4.90 Å². The van der Waals surface area contributed by atoms with Crippen molar-refractivity contribution in [3.05, 3.63) is 30.3 Å². The molecule has 3 unspecified atom stereocenters. The summed E-state index contributed by atoms with van der Waals surface area (Å²) in [5.41, 5.74) is 1.22. The average Bonchev–Trinajstić information content (AvgIpc) is 2.68. The predicted molar refractivity (Wildman–Crippen MR) is 119 cm³/mol. The molecule has 30 heavy (non-hydrogen) atoms. The molecular weight excluding hydrogens is 402 g/mol. The molecule has 2 heterocycles. The molecule has 1 N–H and O–H groups in total. The van der Waals surface area contributed by atoms with Gasteiger partial charge >= 0.3 is 6.09 Å². The summed E-state index contributed by atoms with van der Waals surface area (Å²) >= 11 is 0. The molecule has 2 saturated heterocycles. The van der Waals surface area contributed by atoms with Crippen molar-refractivity contribution >= 4 is 21.8 Å². The highest BCUT2D eigenvalue weighted by Gasteiger charge is 2.38. The van der Waals surface area contributed by atoms with Crippen LogP contribution in [0.25, 0.3) is 0 Å². The zero-order valence-corrected chi connectivity index (χ0v) is 19.1. The Balaban J connectivity index is 1.76.